The van der Waals surface area contributed by atoms with E-state index in [1.165, 1.54) is 24.9 Å². The second kappa shape index (κ2) is 8.16. The van der Waals surface area contributed by atoms with Crippen LogP contribution in [-0.2, 0) is 6.54 Å². The molecule has 1 N–H and O–H groups in total. The lowest BCUT2D eigenvalue weighted by atomic mass is 9.98. The number of nitrogens with one attached hydrogen (secondary N) is 1. The number of nitrogens with zero attached hydrogens (tertiary/aromatic N) is 1. The predicted octanol–water partition coefficient (Wildman–Crippen LogP) is 3.81. The molecule has 0 aliphatic carbocycles. The Morgan fingerprint density at radius 3 is 2.95 bits per heavy atom. The van der Waals surface area contributed by atoms with Crippen LogP contribution in [0, 0.1) is 0 Å². The van der Waals surface area contributed by atoms with Crippen LogP contribution in [0.2, 0.25) is 0 Å². The molecule has 1 heterocycles. The summed E-state index contributed by atoms with van der Waals surface area (Å²) in [6.07, 6.45) is 3.48. The Labute approximate surface area is 137 Å². The van der Waals surface area contributed by atoms with E-state index < -0.39 is 0 Å². The molecule has 0 radical (unpaired) electrons. The van der Waals surface area contributed by atoms with Gasteiger partial charge in [0.05, 0.1) is 6.61 Å². The molecule has 3 nitrogen and oxygen atoms in total. The molecule has 1 aromatic carbocycles. The first kappa shape index (κ1) is 16.8. The first-order chi connectivity index (χ1) is 10.1. The number of likely N-dealkylation sites (tertiary alicyclic amines) is 1. The Morgan fingerprint density at radius 1 is 1.43 bits per heavy atom. The van der Waals surface area contributed by atoms with E-state index in [0.29, 0.717) is 12.1 Å². The maximum atomic E-state index is 5.85. The van der Waals surface area contributed by atoms with E-state index in [4.69, 9.17) is 4.74 Å². The Hall–Kier alpha value is -0.580. The molecule has 1 aromatic rings. The molecule has 1 fully saturated rings. The van der Waals surface area contributed by atoms with Gasteiger partial charge < -0.3 is 15.0 Å². The molecule has 0 saturated carbocycles. The molecular weight excluding hydrogens is 328 g/mol. The first-order valence-electron chi connectivity index (χ1n) is 7.95. The van der Waals surface area contributed by atoms with Crippen molar-refractivity contribution in [2.45, 2.75) is 51.7 Å². The molecule has 1 aliphatic heterocycles. The van der Waals surface area contributed by atoms with Crippen LogP contribution in [0.4, 0.5) is 0 Å². The van der Waals surface area contributed by atoms with Gasteiger partial charge in [-0.15, -0.1) is 0 Å². The Kier molecular flexibility index (Phi) is 6.52. The fraction of sp³-hybridized carbons (Fsp3) is 0.647. The van der Waals surface area contributed by atoms with Gasteiger partial charge in [0.25, 0.3) is 0 Å². The van der Waals surface area contributed by atoms with Crippen molar-refractivity contribution in [2.24, 2.45) is 0 Å². The van der Waals surface area contributed by atoms with E-state index in [9.17, 15) is 0 Å². The van der Waals surface area contributed by atoms with Gasteiger partial charge in [0.1, 0.15) is 5.75 Å². The SMILES string of the molecule is CCCOc1ccc(Br)cc1CNC1CCN(C)C(C)C1. The Bertz CT molecular complexity index is 452. The summed E-state index contributed by atoms with van der Waals surface area (Å²) in [5.41, 5.74) is 1.24. The summed E-state index contributed by atoms with van der Waals surface area (Å²) >= 11 is 3.56. The summed E-state index contributed by atoms with van der Waals surface area (Å²) < 4.78 is 6.96. The largest absolute Gasteiger partial charge is 0.493 e. The number of hydrogen-bond donors (Lipinski definition) is 1. The Balaban J connectivity index is 1.94. The molecule has 1 saturated heterocycles. The molecular formula is C17H27BrN2O. The van der Waals surface area contributed by atoms with Crippen molar-refractivity contribution in [3.8, 4) is 5.75 Å². The minimum atomic E-state index is 0.606. The first-order valence-corrected chi connectivity index (χ1v) is 8.74. The van der Waals surface area contributed by atoms with Crippen LogP contribution in [0.1, 0.15) is 38.7 Å². The zero-order valence-corrected chi connectivity index (χ0v) is 14.9. The maximum absolute atomic E-state index is 5.85. The molecule has 4 heteroatoms. The van der Waals surface area contributed by atoms with Gasteiger partial charge in [0.15, 0.2) is 0 Å². The fourth-order valence-electron chi connectivity index (χ4n) is 2.77. The van der Waals surface area contributed by atoms with Gasteiger partial charge in [-0.1, -0.05) is 22.9 Å². The average Bonchev–Trinajstić information content (AvgIpc) is 2.47. The van der Waals surface area contributed by atoms with Gasteiger partial charge in [-0.05, 0) is 58.0 Å². The summed E-state index contributed by atoms with van der Waals surface area (Å²) in [4.78, 5) is 2.44. The lowest BCUT2D eigenvalue weighted by molar-refractivity contribution is 0.168. The molecule has 2 atom stereocenters. The molecule has 118 valence electrons. The van der Waals surface area contributed by atoms with Crippen LogP contribution in [0.3, 0.4) is 0 Å². The Morgan fingerprint density at radius 2 is 2.24 bits per heavy atom. The fourth-order valence-corrected chi connectivity index (χ4v) is 3.18. The summed E-state index contributed by atoms with van der Waals surface area (Å²) in [6.45, 7) is 7.27. The number of rotatable bonds is 6. The minimum Gasteiger partial charge on any atom is -0.493 e. The van der Waals surface area contributed by atoms with Crippen molar-refractivity contribution in [3.63, 3.8) is 0 Å². The minimum absolute atomic E-state index is 0.606. The van der Waals surface area contributed by atoms with Gasteiger partial charge in [0.2, 0.25) is 0 Å². The molecule has 0 bridgehead atoms. The second-order valence-corrected chi connectivity index (χ2v) is 6.95. The predicted molar refractivity (Wildman–Crippen MR) is 91.9 cm³/mol. The highest BCUT2D eigenvalue weighted by Crippen LogP contribution is 2.24. The lowest BCUT2D eigenvalue weighted by Crippen LogP contribution is -2.45. The topological polar surface area (TPSA) is 24.5 Å². The molecule has 2 unspecified atom stereocenters. The third kappa shape index (κ3) is 4.97. The summed E-state index contributed by atoms with van der Waals surface area (Å²) in [7, 11) is 2.21. The van der Waals surface area contributed by atoms with E-state index in [1.54, 1.807) is 0 Å². The molecule has 0 spiro atoms. The van der Waals surface area contributed by atoms with Crippen molar-refractivity contribution in [1.82, 2.24) is 10.2 Å². The van der Waals surface area contributed by atoms with Crippen LogP contribution in [-0.4, -0.2) is 37.2 Å². The monoisotopic (exact) mass is 354 g/mol. The average molecular weight is 355 g/mol. The van der Waals surface area contributed by atoms with Gasteiger partial charge in [-0.2, -0.15) is 0 Å². The normalized spacial score (nSPS) is 23.2. The van der Waals surface area contributed by atoms with Gasteiger partial charge in [-0.25, -0.2) is 0 Å². The standard InChI is InChI=1S/C17H27BrN2O/c1-4-9-21-17-6-5-15(18)11-14(17)12-19-16-7-8-20(3)13(2)10-16/h5-6,11,13,16,19H,4,7-10,12H2,1-3H3. The highest BCUT2D eigenvalue weighted by molar-refractivity contribution is 9.10. The van der Waals surface area contributed by atoms with E-state index in [1.807, 2.05) is 6.07 Å². The molecule has 0 amide bonds. The van der Waals surface area contributed by atoms with Crippen LogP contribution < -0.4 is 10.1 Å². The van der Waals surface area contributed by atoms with E-state index in [2.05, 4.69) is 59.2 Å². The number of halogens is 1. The van der Waals surface area contributed by atoms with Crippen LogP contribution >= 0.6 is 15.9 Å². The van der Waals surface area contributed by atoms with Crippen molar-refractivity contribution < 1.29 is 4.74 Å². The van der Waals surface area contributed by atoms with Crippen LogP contribution in [0.15, 0.2) is 22.7 Å². The van der Waals surface area contributed by atoms with Gasteiger partial charge in [-0.3, -0.25) is 0 Å². The third-order valence-electron chi connectivity index (χ3n) is 4.27. The van der Waals surface area contributed by atoms with Crippen LogP contribution in [0.25, 0.3) is 0 Å². The molecule has 2 rings (SSSR count). The summed E-state index contributed by atoms with van der Waals surface area (Å²) in [5, 5.41) is 3.71. The third-order valence-corrected chi connectivity index (χ3v) is 4.77. The second-order valence-electron chi connectivity index (χ2n) is 6.03. The van der Waals surface area contributed by atoms with E-state index in [-0.39, 0.29) is 0 Å². The summed E-state index contributed by atoms with van der Waals surface area (Å²) in [6, 6.07) is 7.54. The lowest BCUT2D eigenvalue weighted by Gasteiger charge is -2.35. The maximum Gasteiger partial charge on any atom is 0.123 e. The highest BCUT2D eigenvalue weighted by atomic mass is 79.9. The highest BCUT2D eigenvalue weighted by Gasteiger charge is 2.22. The molecule has 0 aromatic heterocycles. The van der Waals surface area contributed by atoms with Crippen molar-refractivity contribution in [1.29, 1.82) is 0 Å². The van der Waals surface area contributed by atoms with Crippen molar-refractivity contribution in [3.05, 3.63) is 28.2 Å². The quantitative estimate of drug-likeness (QED) is 0.840. The van der Waals surface area contributed by atoms with Gasteiger partial charge in [0, 0.05) is 28.7 Å². The van der Waals surface area contributed by atoms with Crippen molar-refractivity contribution >= 4 is 15.9 Å². The van der Waals surface area contributed by atoms with E-state index in [0.717, 1.165) is 29.8 Å². The van der Waals surface area contributed by atoms with Gasteiger partial charge >= 0.3 is 0 Å². The van der Waals surface area contributed by atoms with Crippen molar-refractivity contribution in [2.75, 3.05) is 20.2 Å². The van der Waals surface area contributed by atoms with Crippen LogP contribution in [0.5, 0.6) is 5.75 Å². The summed E-state index contributed by atoms with van der Waals surface area (Å²) in [5.74, 6) is 1.01. The zero-order chi connectivity index (χ0) is 15.2. The van der Waals surface area contributed by atoms with E-state index >= 15 is 0 Å². The number of piperidine rings is 1. The molecule has 21 heavy (non-hydrogen) atoms. The smallest absolute Gasteiger partial charge is 0.123 e. The number of benzene rings is 1. The number of ether oxygens (including phenoxy) is 1. The molecule has 1 aliphatic rings. The zero-order valence-electron chi connectivity index (χ0n) is 13.4. The number of hydrogen-bond acceptors (Lipinski definition) is 3.